The molecule has 0 unspecified atom stereocenters. The van der Waals surface area contributed by atoms with Crippen LogP contribution >= 0.6 is 0 Å². The quantitative estimate of drug-likeness (QED) is 0.924. The third kappa shape index (κ3) is 2.65. The zero-order chi connectivity index (χ0) is 14.0. The Bertz CT molecular complexity index is 582. The molecule has 100 valence electrons. The van der Waals surface area contributed by atoms with E-state index in [0.717, 1.165) is 18.2 Å². The Balaban J connectivity index is 2.37. The number of nitrogens with two attached hydrogens (primary N) is 1. The minimum absolute atomic E-state index is 0.00292. The molecule has 0 aliphatic carbocycles. The van der Waals surface area contributed by atoms with Crippen LogP contribution in [0.4, 0.5) is 26.1 Å². The van der Waals surface area contributed by atoms with Crippen molar-refractivity contribution in [2.45, 2.75) is 13.3 Å². The van der Waals surface area contributed by atoms with E-state index in [1.807, 2.05) is 24.3 Å². The maximum Gasteiger partial charge on any atom is 0.171 e. The standard InChI is InChI=1S/C14H15F2N3/c1-3-9-4-6-10(7-5-9)19(2)14-12(16)8-11(15)13(17)18-14/h4-8H,3H2,1-2H3,(H2,17,18). The Morgan fingerprint density at radius 3 is 2.37 bits per heavy atom. The zero-order valence-electron chi connectivity index (χ0n) is 10.8. The molecule has 0 fully saturated rings. The fraction of sp³-hybridized carbons (Fsp3) is 0.214. The molecular formula is C14H15F2N3. The molecule has 2 aromatic rings. The van der Waals surface area contributed by atoms with Gasteiger partial charge >= 0.3 is 0 Å². The highest BCUT2D eigenvalue weighted by atomic mass is 19.1. The van der Waals surface area contributed by atoms with Crippen LogP contribution in [-0.4, -0.2) is 12.0 Å². The molecule has 1 aromatic heterocycles. The summed E-state index contributed by atoms with van der Waals surface area (Å²) in [5.74, 6) is -1.90. The molecule has 0 radical (unpaired) electrons. The Morgan fingerprint density at radius 2 is 1.79 bits per heavy atom. The van der Waals surface area contributed by atoms with E-state index in [9.17, 15) is 8.78 Å². The van der Waals surface area contributed by atoms with E-state index < -0.39 is 11.6 Å². The van der Waals surface area contributed by atoms with Crippen LogP contribution in [0.1, 0.15) is 12.5 Å². The number of benzene rings is 1. The maximum absolute atomic E-state index is 13.7. The van der Waals surface area contributed by atoms with Crippen molar-refractivity contribution < 1.29 is 8.78 Å². The van der Waals surface area contributed by atoms with E-state index in [2.05, 4.69) is 11.9 Å². The second-order valence-corrected chi connectivity index (χ2v) is 4.24. The summed E-state index contributed by atoms with van der Waals surface area (Å²) in [5.41, 5.74) is 7.31. The first-order valence-corrected chi connectivity index (χ1v) is 5.97. The molecule has 0 aliphatic rings. The monoisotopic (exact) mass is 263 g/mol. The summed E-state index contributed by atoms with van der Waals surface area (Å²) in [7, 11) is 1.66. The fourth-order valence-corrected chi connectivity index (χ4v) is 1.78. The molecule has 5 heteroatoms. The second-order valence-electron chi connectivity index (χ2n) is 4.24. The molecule has 0 spiro atoms. The molecular weight excluding hydrogens is 248 g/mol. The molecule has 0 aliphatic heterocycles. The summed E-state index contributed by atoms with van der Waals surface area (Å²) in [5, 5.41) is 0. The van der Waals surface area contributed by atoms with Gasteiger partial charge < -0.3 is 10.6 Å². The molecule has 0 atom stereocenters. The van der Waals surface area contributed by atoms with Crippen molar-refractivity contribution in [3.05, 3.63) is 47.5 Å². The van der Waals surface area contributed by atoms with Crippen molar-refractivity contribution in [3.63, 3.8) is 0 Å². The minimum atomic E-state index is -0.851. The number of hydrogen-bond acceptors (Lipinski definition) is 3. The zero-order valence-corrected chi connectivity index (χ0v) is 10.8. The number of nitrogen functional groups attached to an aromatic ring is 1. The molecule has 0 saturated carbocycles. The van der Waals surface area contributed by atoms with Gasteiger partial charge in [0.2, 0.25) is 0 Å². The number of anilines is 3. The lowest BCUT2D eigenvalue weighted by Gasteiger charge is -2.19. The topological polar surface area (TPSA) is 42.2 Å². The van der Waals surface area contributed by atoms with Gasteiger partial charge in [-0.3, -0.25) is 0 Å². The SMILES string of the molecule is CCc1ccc(N(C)c2nc(N)c(F)cc2F)cc1. The van der Waals surface area contributed by atoms with Gasteiger partial charge in [0, 0.05) is 18.8 Å². The Kier molecular flexibility index (Phi) is 3.64. The lowest BCUT2D eigenvalue weighted by Crippen LogP contribution is -2.14. The van der Waals surface area contributed by atoms with Gasteiger partial charge in [-0.05, 0) is 24.1 Å². The van der Waals surface area contributed by atoms with Crippen LogP contribution in [0.25, 0.3) is 0 Å². The van der Waals surface area contributed by atoms with Crippen molar-refractivity contribution in [2.24, 2.45) is 0 Å². The molecule has 0 saturated heterocycles. The van der Waals surface area contributed by atoms with E-state index in [0.29, 0.717) is 0 Å². The lowest BCUT2D eigenvalue weighted by molar-refractivity contribution is 0.577. The first-order chi connectivity index (χ1) is 9.02. The number of rotatable bonds is 3. The Labute approximate surface area is 110 Å². The summed E-state index contributed by atoms with van der Waals surface area (Å²) in [6.07, 6.45) is 0.931. The highest BCUT2D eigenvalue weighted by Gasteiger charge is 2.14. The van der Waals surface area contributed by atoms with Crippen LogP contribution in [0.15, 0.2) is 30.3 Å². The number of pyridine rings is 1. The van der Waals surface area contributed by atoms with Gasteiger partial charge in [-0.1, -0.05) is 19.1 Å². The van der Waals surface area contributed by atoms with Gasteiger partial charge in [0.25, 0.3) is 0 Å². The molecule has 1 aromatic carbocycles. The average Bonchev–Trinajstić information content (AvgIpc) is 2.42. The predicted molar refractivity (Wildman–Crippen MR) is 72.4 cm³/mol. The molecule has 3 nitrogen and oxygen atoms in total. The predicted octanol–water partition coefficient (Wildman–Crippen LogP) is 3.27. The smallest absolute Gasteiger partial charge is 0.171 e. The van der Waals surface area contributed by atoms with E-state index in [1.54, 1.807) is 7.05 Å². The van der Waals surface area contributed by atoms with Crippen molar-refractivity contribution in [1.29, 1.82) is 0 Å². The first kappa shape index (κ1) is 13.3. The van der Waals surface area contributed by atoms with Crippen molar-refractivity contribution in [3.8, 4) is 0 Å². The third-order valence-corrected chi connectivity index (χ3v) is 2.99. The molecule has 0 bridgehead atoms. The summed E-state index contributed by atoms with van der Waals surface area (Å²) >= 11 is 0. The molecule has 2 rings (SSSR count). The van der Waals surface area contributed by atoms with Crippen LogP contribution in [0.3, 0.4) is 0 Å². The van der Waals surface area contributed by atoms with Gasteiger partial charge in [0.05, 0.1) is 0 Å². The van der Waals surface area contributed by atoms with E-state index >= 15 is 0 Å². The first-order valence-electron chi connectivity index (χ1n) is 5.97. The molecule has 19 heavy (non-hydrogen) atoms. The Morgan fingerprint density at radius 1 is 1.16 bits per heavy atom. The fourth-order valence-electron chi connectivity index (χ4n) is 1.78. The minimum Gasteiger partial charge on any atom is -0.381 e. The second kappa shape index (κ2) is 5.22. The van der Waals surface area contributed by atoms with Gasteiger partial charge in [-0.2, -0.15) is 0 Å². The van der Waals surface area contributed by atoms with Gasteiger partial charge in [0.15, 0.2) is 23.3 Å². The maximum atomic E-state index is 13.7. The normalized spacial score (nSPS) is 10.5. The number of nitrogens with zero attached hydrogens (tertiary/aromatic N) is 2. The van der Waals surface area contributed by atoms with Crippen LogP contribution in [-0.2, 0) is 6.42 Å². The van der Waals surface area contributed by atoms with Gasteiger partial charge in [0.1, 0.15) is 0 Å². The summed E-state index contributed by atoms with van der Waals surface area (Å²) < 4.78 is 26.8. The lowest BCUT2D eigenvalue weighted by atomic mass is 10.1. The highest BCUT2D eigenvalue weighted by molar-refractivity contribution is 5.61. The molecule has 2 N–H and O–H groups in total. The summed E-state index contributed by atoms with van der Waals surface area (Å²) in [6, 6.07) is 8.38. The van der Waals surface area contributed by atoms with Crippen molar-refractivity contribution in [1.82, 2.24) is 4.98 Å². The number of aromatic nitrogens is 1. The number of halogens is 2. The number of aryl methyl sites for hydroxylation is 1. The number of hydrogen-bond donors (Lipinski definition) is 1. The van der Waals surface area contributed by atoms with E-state index in [-0.39, 0.29) is 11.6 Å². The van der Waals surface area contributed by atoms with Crippen LogP contribution in [0.5, 0.6) is 0 Å². The van der Waals surface area contributed by atoms with Gasteiger partial charge in [-0.15, -0.1) is 0 Å². The van der Waals surface area contributed by atoms with Crippen molar-refractivity contribution >= 4 is 17.3 Å². The Hall–Kier alpha value is -2.17. The largest absolute Gasteiger partial charge is 0.381 e. The molecule has 1 heterocycles. The van der Waals surface area contributed by atoms with Crippen molar-refractivity contribution in [2.75, 3.05) is 17.7 Å². The van der Waals surface area contributed by atoms with Crippen LogP contribution < -0.4 is 10.6 Å². The molecule has 0 amide bonds. The summed E-state index contributed by atoms with van der Waals surface area (Å²) in [6.45, 7) is 2.06. The third-order valence-electron chi connectivity index (χ3n) is 2.99. The van der Waals surface area contributed by atoms with Crippen LogP contribution in [0.2, 0.25) is 0 Å². The van der Waals surface area contributed by atoms with Gasteiger partial charge in [-0.25, -0.2) is 13.8 Å². The van der Waals surface area contributed by atoms with E-state index in [1.165, 1.54) is 10.5 Å². The summed E-state index contributed by atoms with van der Waals surface area (Å²) in [4.78, 5) is 5.28. The average molecular weight is 263 g/mol. The highest BCUT2D eigenvalue weighted by Crippen LogP contribution is 2.26. The van der Waals surface area contributed by atoms with E-state index in [4.69, 9.17) is 5.73 Å². The van der Waals surface area contributed by atoms with Crippen LogP contribution in [0, 0.1) is 11.6 Å².